The molecule has 112 valence electrons. The molecule has 0 fully saturated rings. The Bertz CT molecular complexity index is 673. The molecule has 0 bridgehead atoms. The summed E-state index contributed by atoms with van der Waals surface area (Å²) in [4.78, 5) is 23.2. The Labute approximate surface area is 121 Å². The number of hydrogen-bond acceptors (Lipinski definition) is 4. The van der Waals surface area contributed by atoms with E-state index in [1.54, 1.807) is 11.7 Å². The van der Waals surface area contributed by atoms with Gasteiger partial charge in [-0.25, -0.2) is 4.79 Å². The van der Waals surface area contributed by atoms with E-state index in [-0.39, 0.29) is 17.3 Å². The summed E-state index contributed by atoms with van der Waals surface area (Å²) in [5, 5.41) is 19.9. The van der Waals surface area contributed by atoms with Crippen LogP contribution in [0.4, 0.5) is 0 Å². The maximum Gasteiger partial charge on any atom is 0.339 e. The lowest BCUT2D eigenvalue weighted by molar-refractivity contribution is 0.0690. The zero-order chi connectivity index (χ0) is 15.6. The molecule has 2 N–H and O–H groups in total. The van der Waals surface area contributed by atoms with E-state index in [9.17, 15) is 9.59 Å². The van der Waals surface area contributed by atoms with E-state index < -0.39 is 11.9 Å². The Morgan fingerprint density at radius 3 is 2.71 bits per heavy atom. The molecule has 0 aliphatic rings. The second-order valence-corrected chi connectivity index (χ2v) is 4.92. The van der Waals surface area contributed by atoms with Crippen LogP contribution in [0.15, 0.2) is 18.5 Å². The minimum absolute atomic E-state index is 0.0894. The van der Waals surface area contributed by atoms with Gasteiger partial charge in [0.1, 0.15) is 5.56 Å². The molecule has 2 heterocycles. The normalized spacial score (nSPS) is 12.1. The number of aromatic carboxylic acids is 1. The molecule has 0 unspecified atom stereocenters. The fourth-order valence-corrected chi connectivity index (χ4v) is 2.00. The second-order valence-electron chi connectivity index (χ2n) is 4.92. The predicted molar refractivity (Wildman–Crippen MR) is 74.1 cm³/mol. The van der Waals surface area contributed by atoms with Crippen molar-refractivity contribution in [1.29, 1.82) is 0 Å². The van der Waals surface area contributed by atoms with E-state index in [4.69, 9.17) is 5.11 Å². The topological polar surface area (TPSA) is 102 Å². The number of amides is 1. The monoisotopic (exact) mass is 291 g/mol. The average molecular weight is 291 g/mol. The molecule has 0 aliphatic heterocycles. The molecule has 2 aromatic heterocycles. The molecule has 0 radical (unpaired) electrons. The van der Waals surface area contributed by atoms with Gasteiger partial charge in [-0.2, -0.15) is 10.2 Å². The summed E-state index contributed by atoms with van der Waals surface area (Å²) < 4.78 is 3.02. The third kappa shape index (κ3) is 3.47. The molecular formula is C13H17N5O3. The van der Waals surface area contributed by atoms with Crippen LogP contribution in [-0.4, -0.2) is 42.6 Å². The van der Waals surface area contributed by atoms with Crippen molar-refractivity contribution in [3.05, 3.63) is 35.4 Å². The highest BCUT2D eigenvalue weighted by molar-refractivity contribution is 6.03. The number of nitrogens with one attached hydrogen (secondary N) is 1. The number of carboxylic acids is 1. The van der Waals surface area contributed by atoms with E-state index in [2.05, 4.69) is 15.5 Å². The van der Waals surface area contributed by atoms with Crippen molar-refractivity contribution in [3.8, 4) is 0 Å². The molecule has 0 aromatic carbocycles. The first kappa shape index (κ1) is 14.8. The molecule has 0 saturated heterocycles. The highest BCUT2D eigenvalue weighted by Gasteiger charge is 2.22. The van der Waals surface area contributed by atoms with Gasteiger partial charge >= 0.3 is 5.97 Å². The highest BCUT2D eigenvalue weighted by atomic mass is 16.4. The third-order valence-electron chi connectivity index (χ3n) is 2.89. The van der Waals surface area contributed by atoms with Crippen molar-refractivity contribution < 1.29 is 14.7 Å². The van der Waals surface area contributed by atoms with Crippen molar-refractivity contribution in [2.24, 2.45) is 7.05 Å². The first-order chi connectivity index (χ1) is 9.86. The Morgan fingerprint density at radius 2 is 2.14 bits per heavy atom. The second kappa shape index (κ2) is 5.78. The van der Waals surface area contributed by atoms with Gasteiger partial charge < -0.3 is 10.4 Å². The number of rotatable bonds is 5. The number of aryl methyl sites for hydroxylation is 2. The Balaban J connectivity index is 2.05. The number of carbonyl (C=O) groups is 2. The van der Waals surface area contributed by atoms with Crippen molar-refractivity contribution >= 4 is 11.9 Å². The maximum absolute atomic E-state index is 12.1. The summed E-state index contributed by atoms with van der Waals surface area (Å²) in [6.45, 7) is 4.19. The Kier molecular flexibility index (Phi) is 4.06. The van der Waals surface area contributed by atoms with Crippen molar-refractivity contribution in [2.45, 2.75) is 26.4 Å². The minimum Gasteiger partial charge on any atom is -0.478 e. The zero-order valence-electron chi connectivity index (χ0n) is 12.1. The SMILES string of the molecule is Cc1ccn(C[C@H](C)NC(=O)c2nn(C)cc2C(=O)O)n1. The van der Waals surface area contributed by atoms with Gasteiger partial charge in [0.15, 0.2) is 5.69 Å². The van der Waals surface area contributed by atoms with Gasteiger partial charge in [0, 0.05) is 25.5 Å². The predicted octanol–water partition coefficient (Wildman–Crippen LogP) is 0.442. The van der Waals surface area contributed by atoms with Gasteiger partial charge in [0.2, 0.25) is 0 Å². The van der Waals surface area contributed by atoms with Crippen LogP contribution in [-0.2, 0) is 13.6 Å². The maximum atomic E-state index is 12.1. The van der Waals surface area contributed by atoms with Gasteiger partial charge in [-0.15, -0.1) is 0 Å². The molecule has 2 rings (SSSR count). The average Bonchev–Trinajstić information content (AvgIpc) is 2.95. The van der Waals surface area contributed by atoms with Crippen LogP contribution in [0.1, 0.15) is 33.5 Å². The summed E-state index contributed by atoms with van der Waals surface area (Å²) in [7, 11) is 1.57. The van der Waals surface area contributed by atoms with Gasteiger partial charge in [-0.1, -0.05) is 0 Å². The van der Waals surface area contributed by atoms with E-state index in [0.717, 1.165) is 5.69 Å². The summed E-state index contributed by atoms with van der Waals surface area (Å²) in [5.74, 6) is -1.69. The van der Waals surface area contributed by atoms with Crippen LogP contribution in [0.5, 0.6) is 0 Å². The van der Waals surface area contributed by atoms with E-state index >= 15 is 0 Å². The first-order valence-corrected chi connectivity index (χ1v) is 6.44. The summed E-state index contributed by atoms with van der Waals surface area (Å²) in [6, 6.07) is 1.66. The number of aromatic nitrogens is 4. The van der Waals surface area contributed by atoms with Crippen LogP contribution >= 0.6 is 0 Å². The smallest absolute Gasteiger partial charge is 0.339 e. The van der Waals surface area contributed by atoms with Crippen LogP contribution < -0.4 is 5.32 Å². The Hall–Kier alpha value is -2.64. The highest BCUT2D eigenvalue weighted by Crippen LogP contribution is 2.07. The fourth-order valence-electron chi connectivity index (χ4n) is 2.00. The van der Waals surface area contributed by atoms with E-state index in [1.165, 1.54) is 10.9 Å². The molecular weight excluding hydrogens is 274 g/mol. The van der Waals surface area contributed by atoms with E-state index in [1.807, 2.05) is 26.1 Å². The molecule has 8 heteroatoms. The van der Waals surface area contributed by atoms with Gasteiger partial charge in [0.05, 0.1) is 12.2 Å². The van der Waals surface area contributed by atoms with Crippen LogP contribution in [0, 0.1) is 6.92 Å². The lowest BCUT2D eigenvalue weighted by Gasteiger charge is -2.13. The standard InChI is InChI=1S/C13H17N5O3/c1-8-4-5-18(15-8)6-9(2)14-12(19)11-10(13(20)21)7-17(3)16-11/h4-5,7,9H,6H2,1-3H3,(H,14,19)(H,20,21)/t9-/m0/s1. The molecule has 1 atom stereocenters. The Morgan fingerprint density at radius 1 is 1.43 bits per heavy atom. The van der Waals surface area contributed by atoms with Crippen molar-refractivity contribution in [3.63, 3.8) is 0 Å². The molecule has 2 aromatic rings. The van der Waals surface area contributed by atoms with Gasteiger partial charge in [-0.05, 0) is 19.9 Å². The number of carboxylic acid groups (broad SMARTS) is 1. The van der Waals surface area contributed by atoms with Gasteiger partial charge in [0.25, 0.3) is 5.91 Å². The lowest BCUT2D eigenvalue weighted by Crippen LogP contribution is -2.36. The largest absolute Gasteiger partial charge is 0.478 e. The molecule has 0 spiro atoms. The quantitative estimate of drug-likeness (QED) is 0.832. The first-order valence-electron chi connectivity index (χ1n) is 6.44. The van der Waals surface area contributed by atoms with Crippen LogP contribution in [0.25, 0.3) is 0 Å². The number of carbonyl (C=O) groups excluding carboxylic acids is 1. The molecule has 0 aliphatic carbocycles. The summed E-state index contributed by atoms with van der Waals surface area (Å²) >= 11 is 0. The summed E-state index contributed by atoms with van der Waals surface area (Å²) in [6.07, 6.45) is 3.13. The molecule has 21 heavy (non-hydrogen) atoms. The minimum atomic E-state index is -1.18. The summed E-state index contributed by atoms with van der Waals surface area (Å²) in [5.41, 5.74) is 0.692. The van der Waals surface area contributed by atoms with Crippen LogP contribution in [0.2, 0.25) is 0 Å². The van der Waals surface area contributed by atoms with E-state index in [0.29, 0.717) is 6.54 Å². The fraction of sp³-hybridized carbons (Fsp3) is 0.385. The zero-order valence-corrected chi connectivity index (χ0v) is 12.1. The lowest BCUT2D eigenvalue weighted by atomic mass is 10.2. The van der Waals surface area contributed by atoms with Crippen molar-refractivity contribution in [2.75, 3.05) is 0 Å². The molecule has 0 saturated carbocycles. The third-order valence-corrected chi connectivity index (χ3v) is 2.89. The number of nitrogens with zero attached hydrogens (tertiary/aromatic N) is 4. The van der Waals surface area contributed by atoms with Gasteiger partial charge in [-0.3, -0.25) is 14.2 Å². The van der Waals surface area contributed by atoms with Crippen LogP contribution in [0.3, 0.4) is 0 Å². The molecule has 8 nitrogen and oxygen atoms in total. The number of hydrogen-bond donors (Lipinski definition) is 2. The molecule has 1 amide bonds. The van der Waals surface area contributed by atoms with Crippen molar-refractivity contribution in [1.82, 2.24) is 24.9 Å².